The number of halogens is 1. The lowest BCUT2D eigenvalue weighted by Gasteiger charge is -2.13. The van der Waals surface area contributed by atoms with E-state index < -0.39 is 5.97 Å². The highest BCUT2D eigenvalue weighted by Crippen LogP contribution is 2.20. The molecule has 0 heterocycles. The molecule has 1 aromatic carbocycles. The maximum atomic E-state index is 11.0. The maximum absolute atomic E-state index is 11.0. The molecule has 3 nitrogen and oxygen atoms in total. The van der Waals surface area contributed by atoms with Crippen LogP contribution in [0.3, 0.4) is 0 Å². The van der Waals surface area contributed by atoms with Gasteiger partial charge >= 0.3 is 5.97 Å². The van der Waals surface area contributed by atoms with Crippen molar-refractivity contribution in [2.75, 3.05) is 7.05 Å². The number of aromatic carboxylic acids is 1. The first-order valence-electron chi connectivity index (χ1n) is 4.26. The highest BCUT2D eigenvalue weighted by Gasteiger charge is 2.14. The van der Waals surface area contributed by atoms with E-state index in [0.29, 0.717) is 5.56 Å². The molecule has 0 aliphatic carbocycles. The average molecular weight is 305 g/mol. The molecule has 2 N–H and O–H groups in total. The zero-order valence-electron chi connectivity index (χ0n) is 8.04. The van der Waals surface area contributed by atoms with Crippen LogP contribution in [0.4, 0.5) is 0 Å². The lowest BCUT2D eigenvalue weighted by Crippen LogP contribution is -2.16. The Bertz CT molecular complexity index is 352. The first kappa shape index (κ1) is 11.5. The Balaban J connectivity index is 3.21. The Morgan fingerprint density at radius 3 is 2.71 bits per heavy atom. The van der Waals surface area contributed by atoms with Crippen LogP contribution in [0.2, 0.25) is 0 Å². The van der Waals surface area contributed by atoms with Crippen LogP contribution < -0.4 is 5.32 Å². The molecule has 0 unspecified atom stereocenters. The van der Waals surface area contributed by atoms with Crippen LogP contribution in [-0.4, -0.2) is 18.1 Å². The van der Waals surface area contributed by atoms with E-state index in [-0.39, 0.29) is 6.04 Å². The Hall–Kier alpha value is -0.620. The lowest BCUT2D eigenvalue weighted by molar-refractivity contribution is 0.0695. The van der Waals surface area contributed by atoms with Crippen molar-refractivity contribution >= 4 is 28.6 Å². The fourth-order valence-corrected chi connectivity index (χ4v) is 1.74. The Morgan fingerprint density at radius 1 is 1.57 bits per heavy atom. The van der Waals surface area contributed by atoms with Gasteiger partial charge in [0.15, 0.2) is 0 Å². The zero-order valence-corrected chi connectivity index (χ0v) is 10.2. The normalized spacial score (nSPS) is 12.5. The summed E-state index contributed by atoms with van der Waals surface area (Å²) < 4.78 is 0.937. The molecular formula is C10H12INO2. The van der Waals surface area contributed by atoms with Gasteiger partial charge < -0.3 is 10.4 Å². The molecule has 0 saturated carbocycles. The van der Waals surface area contributed by atoms with E-state index >= 15 is 0 Å². The van der Waals surface area contributed by atoms with E-state index in [1.165, 1.54) is 0 Å². The molecule has 14 heavy (non-hydrogen) atoms. The molecule has 0 bridgehead atoms. The van der Waals surface area contributed by atoms with Crippen LogP contribution in [0, 0.1) is 3.57 Å². The second-order valence-electron chi connectivity index (χ2n) is 3.05. The average Bonchev–Trinajstić information content (AvgIpc) is 2.16. The van der Waals surface area contributed by atoms with E-state index in [4.69, 9.17) is 5.11 Å². The predicted molar refractivity (Wildman–Crippen MR) is 63.6 cm³/mol. The third-order valence-corrected chi connectivity index (χ3v) is 2.82. The van der Waals surface area contributed by atoms with Crippen molar-refractivity contribution in [3.63, 3.8) is 0 Å². The van der Waals surface area contributed by atoms with Crippen molar-refractivity contribution in [1.82, 2.24) is 5.32 Å². The van der Waals surface area contributed by atoms with Crippen LogP contribution in [0.5, 0.6) is 0 Å². The standard InChI is InChI=1S/C10H12INO2/c1-6(12-2)8-4-3-7(11)5-9(8)10(13)14/h3-6,12H,1-2H3,(H,13,14)/t6-/m1/s1. The molecule has 0 aliphatic rings. The van der Waals surface area contributed by atoms with Crippen molar-refractivity contribution in [2.45, 2.75) is 13.0 Å². The molecule has 1 atom stereocenters. The number of benzene rings is 1. The minimum absolute atomic E-state index is 0.0538. The molecule has 1 rings (SSSR count). The van der Waals surface area contributed by atoms with E-state index in [9.17, 15) is 4.79 Å². The number of carbonyl (C=O) groups is 1. The molecule has 0 amide bonds. The van der Waals surface area contributed by atoms with Crippen molar-refractivity contribution in [1.29, 1.82) is 0 Å². The molecule has 76 valence electrons. The molecule has 0 radical (unpaired) electrons. The molecule has 0 spiro atoms. The van der Waals surface area contributed by atoms with E-state index in [2.05, 4.69) is 27.9 Å². The molecule has 0 aliphatic heterocycles. The third-order valence-electron chi connectivity index (χ3n) is 2.15. The van der Waals surface area contributed by atoms with Crippen LogP contribution in [-0.2, 0) is 0 Å². The van der Waals surface area contributed by atoms with Gasteiger partial charge in [-0.25, -0.2) is 4.79 Å². The molecule has 0 fully saturated rings. The minimum atomic E-state index is -0.874. The van der Waals surface area contributed by atoms with Crippen molar-refractivity contribution in [3.05, 3.63) is 32.9 Å². The Morgan fingerprint density at radius 2 is 2.21 bits per heavy atom. The lowest BCUT2D eigenvalue weighted by atomic mass is 10.0. The van der Waals surface area contributed by atoms with E-state index in [1.807, 2.05) is 26.1 Å². The number of nitrogens with one attached hydrogen (secondary N) is 1. The number of hydrogen-bond donors (Lipinski definition) is 2. The fourth-order valence-electron chi connectivity index (χ4n) is 1.25. The Labute approximate surface area is 96.7 Å². The van der Waals surface area contributed by atoms with Crippen molar-refractivity contribution in [3.8, 4) is 0 Å². The molecule has 4 heteroatoms. The van der Waals surface area contributed by atoms with Gasteiger partial charge in [0.25, 0.3) is 0 Å². The maximum Gasteiger partial charge on any atom is 0.336 e. The van der Waals surface area contributed by atoms with Crippen LogP contribution >= 0.6 is 22.6 Å². The molecular weight excluding hydrogens is 293 g/mol. The molecule has 1 aromatic rings. The first-order chi connectivity index (χ1) is 6.56. The van der Waals surface area contributed by atoms with Crippen LogP contribution in [0.1, 0.15) is 28.9 Å². The fraction of sp³-hybridized carbons (Fsp3) is 0.300. The SMILES string of the molecule is CN[C@H](C)c1ccc(I)cc1C(=O)O. The third kappa shape index (κ3) is 2.45. The largest absolute Gasteiger partial charge is 0.478 e. The quantitative estimate of drug-likeness (QED) is 0.842. The van der Waals surface area contributed by atoms with Crippen molar-refractivity contribution in [2.24, 2.45) is 0 Å². The Kier molecular flexibility index (Phi) is 3.88. The number of rotatable bonds is 3. The molecule has 0 saturated heterocycles. The smallest absolute Gasteiger partial charge is 0.336 e. The summed E-state index contributed by atoms with van der Waals surface area (Å²) >= 11 is 2.11. The van der Waals surface area contributed by atoms with Gasteiger partial charge in [-0.2, -0.15) is 0 Å². The van der Waals surface area contributed by atoms with Gasteiger partial charge in [-0.05, 0) is 54.3 Å². The number of carboxylic acid groups (broad SMARTS) is 1. The summed E-state index contributed by atoms with van der Waals surface area (Å²) in [6, 6.07) is 5.51. The predicted octanol–water partition coefficient (Wildman–Crippen LogP) is 2.27. The van der Waals surface area contributed by atoms with Gasteiger partial charge in [0, 0.05) is 9.61 Å². The van der Waals surface area contributed by atoms with Crippen LogP contribution in [0.15, 0.2) is 18.2 Å². The van der Waals surface area contributed by atoms with Gasteiger partial charge in [-0.15, -0.1) is 0 Å². The summed E-state index contributed by atoms with van der Waals surface area (Å²) in [5.74, 6) is -0.874. The van der Waals surface area contributed by atoms with Gasteiger partial charge in [-0.1, -0.05) is 6.07 Å². The summed E-state index contributed by atoms with van der Waals surface area (Å²) in [4.78, 5) is 11.0. The van der Waals surface area contributed by atoms with Gasteiger partial charge in [-0.3, -0.25) is 0 Å². The monoisotopic (exact) mass is 305 g/mol. The van der Waals surface area contributed by atoms with Crippen molar-refractivity contribution < 1.29 is 9.90 Å². The number of hydrogen-bond acceptors (Lipinski definition) is 2. The second kappa shape index (κ2) is 4.75. The molecule has 0 aromatic heterocycles. The number of carboxylic acids is 1. The summed E-state index contributed by atoms with van der Waals surface area (Å²) in [7, 11) is 1.81. The summed E-state index contributed by atoms with van der Waals surface area (Å²) in [5, 5.41) is 12.0. The van der Waals surface area contributed by atoms with Gasteiger partial charge in [0.05, 0.1) is 5.56 Å². The second-order valence-corrected chi connectivity index (χ2v) is 4.29. The first-order valence-corrected chi connectivity index (χ1v) is 5.34. The highest BCUT2D eigenvalue weighted by atomic mass is 127. The van der Waals surface area contributed by atoms with Crippen LogP contribution in [0.25, 0.3) is 0 Å². The van der Waals surface area contributed by atoms with Gasteiger partial charge in [0.1, 0.15) is 0 Å². The summed E-state index contributed by atoms with van der Waals surface area (Å²) in [6.45, 7) is 1.94. The summed E-state index contributed by atoms with van der Waals surface area (Å²) in [6.07, 6.45) is 0. The minimum Gasteiger partial charge on any atom is -0.478 e. The van der Waals surface area contributed by atoms with E-state index in [1.54, 1.807) is 6.07 Å². The van der Waals surface area contributed by atoms with Gasteiger partial charge in [0.2, 0.25) is 0 Å². The highest BCUT2D eigenvalue weighted by molar-refractivity contribution is 14.1. The summed E-state index contributed by atoms with van der Waals surface area (Å²) in [5.41, 5.74) is 1.19. The topological polar surface area (TPSA) is 49.3 Å². The zero-order chi connectivity index (χ0) is 10.7. The van der Waals surface area contributed by atoms with E-state index in [0.717, 1.165) is 9.13 Å².